The smallest absolute Gasteiger partial charge is 0.163 e. The number of allylic oxidation sites excluding steroid dienone is 1. The minimum Gasteiger partial charge on any atom is -0.504 e. The van der Waals surface area contributed by atoms with Gasteiger partial charge >= 0.3 is 0 Å². The summed E-state index contributed by atoms with van der Waals surface area (Å²) in [7, 11) is 0. The first-order chi connectivity index (χ1) is 14.0. The van der Waals surface area contributed by atoms with Crippen LogP contribution in [0.1, 0.15) is 51.0 Å². The Balaban J connectivity index is 1.45. The molecule has 0 fully saturated rings. The maximum Gasteiger partial charge on any atom is 0.163 e. The number of benzene rings is 1. The van der Waals surface area contributed by atoms with E-state index in [1.54, 1.807) is 24.4 Å². The number of hydrogen-bond donors (Lipinski definition) is 2. The summed E-state index contributed by atoms with van der Waals surface area (Å²) in [6.45, 7) is 3.13. The molecule has 0 aliphatic carbocycles. The van der Waals surface area contributed by atoms with Gasteiger partial charge in [0.25, 0.3) is 0 Å². The van der Waals surface area contributed by atoms with Crippen molar-refractivity contribution in [2.75, 3.05) is 13.3 Å². The van der Waals surface area contributed by atoms with Gasteiger partial charge in [-0.3, -0.25) is 9.79 Å². The van der Waals surface area contributed by atoms with Gasteiger partial charge in [0.2, 0.25) is 0 Å². The number of carbonyl (C=O) groups excluding carboxylic acids is 1. The lowest BCUT2D eigenvalue weighted by atomic mass is 10.0. The molecule has 0 unspecified atom stereocenters. The Hall–Kier alpha value is -2.60. The van der Waals surface area contributed by atoms with Crippen molar-refractivity contribution in [3.05, 3.63) is 47.8 Å². The molecule has 156 valence electrons. The van der Waals surface area contributed by atoms with Crippen LogP contribution in [0.4, 0.5) is 0 Å². The summed E-state index contributed by atoms with van der Waals surface area (Å²) >= 11 is 0. The molecule has 2 aliphatic rings. The number of Topliss-reactive ketones (excluding diaryl/α,β-unsaturated/α-hetero) is 1. The largest absolute Gasteiger partial charge is 0.504 e. The number of hydrogen-bond acceptors (Lipinski definition) is 6. The summed E-state index contributed by atoms with van der Waals surface area (Å²) in [4.78, 5) is 18.4. The molecule has 29 heavy (non-hydrogen) atoms. The summed E-state index contributed by atoms with van der Waals surface area (Å²) in [6.07, 6.45) is 10.2. The van der Waals surface area contributed by atoms with E-state index in [0.717, 1.165) is 36.1 Å². The molecule has 1 aromatic carbocycles. The lowest BCUT2D eigenvalue weighted by Crippen LogP contribution is -2.23. The van der Waals surface area contributed by atoms with Crippen LogP contribution < -0.4 is 4.74 Å². The Kier molecular flexibility index (Phi) is 7.47. The van der Waals surface area contributed by atoms with Gasteiger partial charge in [-0.1, -0.05) is 32.3 Å². The van der Waals surface area contributed by atoms with E-state index >= 15 is 0 Å². The second-order valence-corrected chi connectivity index (χ2v) is 7.69. The third-order valence-corrected chi connectivity index (χ3v) is 5.20. The molecule has 0 saturated carbocycles. The number of ether oxygens (including phenoxy) is 1. The van der Waals surface area contributed by atoms with Crippen LogP contribution in [-0.2, 0) is 11.2 Å². The van der Waals surface area contributed by atoms with Crippen molar-refractivity contribution in [1.82, 2.24) is 4.90 Å². The number of nitrogens with zero attached hydrogens (tertiary/aromatic N) is 2. The Labute approximate surface area is 172 Å². The molecule has 6 heteroatoms. The SMILES string of the molecule is CCCCC[C@@H](O)CC(=O)CCc1ccc(O)c(OCN2C=C3C=CN=C3C2)c1. The first-order valence-corrected chi connectivity index (χ1v) is 10.4. The molecule has 6 nitrogen and oxygen atoms in total. The van der Waals surface area contributed by atoms with Gasteiger partial charge in [-0.2, -0.15) is 0 Å². The number of phenols is 1. The molecule has 2 N–H and O–H groups in total. The van der Waals surface area contributed by atoms with Crippen LogP contribution in [0.5, 0.6) is 11.5 Å². The molecular weight excluding hydrogens is 368 g/mol. The number of aliphatic hydroxyl groups excluding tert-OH is 1. The van der Waals surface area contributed by atoms with Crippen molar-refractivity contribution in [1.29, 1.82) is 0 Å². The number of ketones is 1. The fraction of sp³-hybridized carbons (Fsp3) is 0.478. The van der Waals surface area contributed by atoms with E-state index in [9.17, 15) is 15.0 Å². The molecule has 1 aromatic rings. The van der Waals surface area contributed by atoms with Gasteiger partial charge in [-0.25, -0.2) is 0 Å². The van der Waals surface area contributed by atoms with Gasteiger partial charge in [0, 0.05) is 30.8 Å². The number of aromatic hydroxyl groups is 1. The molecule has 1 atom stereocenters. The average molecular weight is 399 g/mol. The fourth-order valence-electron chi connectivity index (χ4n) is 3.51. The predicted molar refractivity (Wildman–Crippen MR) is 113 cm³/mol. The zero-order valence-corrected chi connectivity index (χ0v) is 17.0. The van der Waals surface area contributed by atoms with E-state index in [0.29, 0.717) is 38.3 Å². The van der Waals surface area contributed by atoms with E-state index in [1.807, 2.05) is 17.2 Å². The minimum absolute atomic E-state index is 0.0635. The number of unbranched alkanes of at least 4 members (excludes halogenated alkanes) is 2. The first-order valence-electron chi connectivity index (χ1n) is 10.4. The fourth-order valence-corrected chi connectivity index (χ4v) is 3.51. The number of phenolic OH excluding ortho intramolecular Hbond substituents is 1. The van der Waals surface area contributed by atoms with Gasteiger partial charge in [0.15, 0.2) is 18.2 Å². The van der Waals surface area contributed by atoms with Crippen LogP contribution in [-0.4, -0.2) is 46.0 Å². The molecule has 0 radical (unpaired) electrons. The third-order valence-electron chi connectivity index (χ3n) is 5.20. The summed E-state index contributed by atoms with van der Waals surface area (Å²) in [5.41, 5.74) is 3.06. The summed E-state index contributed by atoms with van der Waals surface area (Å²) in [5.74, 6) is 0.548. The normalized spacial score (nSPS) is 15.9. The van der Waals surface area contributed by atoms with E-state index in [-0.39, 0.29) is 18.0 Å². The maximum absolute atomic E-state index is 12.1. The average Bonchev–Trinajstić information content (AvgIpc) is 3.28. The topological polar surface area (TPSA) is 82.4 Å². The van der Waals surface area contributed by atoms with Crippen molar-refractivity contribution < 1.29 is 19.7 Å². The van der Waals surface area contributed by atoms with E-state index in [4.69, 9.17) is 4.74 Å². The number of aryl methyl sites for hydroxylation is 1. The highest BCUT2D eigenvalue weighted by atomic mass is 16.5. The zero-order valence-electron chi connectivity index (χ0n) is 17.0. The quantitative estimate of drug-likeness (QED) is 0.524. The Morgan fingerprint density at radius 2 is 2.21 bits per heavy atom. The van der Waals surface area contributed by atoms with Gasteiger partial charge in [-0.15, -0.1) is 0 Å². The molecule has 0 spiro atoms. The van der Waals surface area contributed by atoms with Crippen molar-refractivity contribution >= 4 is 11.5 Å². The highest BCUT2D eigenvalue weighted by molar-refractivity contribution is 6.07. The molecule has 2 heterocycles. The van der Waals surface area contributed by atoms with E-state index in [2.05, 4.69) is 11.9 Å². The van der Waals surface area contributed by atoms with Crippen molar-refractivity contribution in [3.63, 3.8) is 0 Å². The van der Waals surface area contributed by atoms with Gasteiger partial charge < -0.3 is 19.8 Å². The lowest BCUT2D eigenvalue weighted by Gasteiger charge is -2.17. The molecule has 0 bridgehead atoms. The van der Waals surface area contributed by atoms with E-state index in [1.165, 1.54) is 0 Å². The summed E-state index contributed by atoms with van der Waals surface area (Å²) in [6, 6.07) is 5.18. The van der Waals surface area contributed by atoms with Gasteiger partial charge in [0.05, 0.1) is 18.4 Å². The monoisotopic (exact) mass is 398 g/mol. The molecule has 0 amide bonds. The second kappa shape index (κ2) is 10.3. The number of aliphatic imine (C=N–C) groups is 1. The molecule has 0 aromatic heterocycles. The Morgan fingerprint density at radius 3 is 3.00 bits per heavy atom. The second-order valence-electron chi connectivity index (χ2n) is 7.69. The number of aliphatic hydroxyl groups is 1. The number of carbonyl (C=O) groups is 1. The molecule has 0 saturated heterocycles. The number of fused-ring (bicyclic) bond motifs is 1. The van der Waals surface area contributed by atoms with Crippen molar-refractivity contribution in [2.24, 2.45) is 4.99 Å². The first kappa shape index (κ1) is 21.1. The Morgan fingerprint density at radius 1 is 1.34 bits per heavy atom. The van der Waals surface area contributed by atoms with Crippen LogP contribution >= 0.6 is 0 Å². The van der Waals surface area contributed by atoms with Gasteiger partial charge in [-0.05, 0) is 36.6 Å². The Bertz CT molecular complexity index is 813. The highest BCUT2D eigenvalue weighted by Gasteiger charge is 2.20. The maximum atomic E-state index is 12.1. The predicted octanol–water partition coefficient (Wildman–Crippen LogP) is 3.73. The molecular formula is C23H30N2O4. The van der Waals surface area contributed by atoms with Crippen molar-refractivity contribution in [3.8, 4) is 11.5 Å². The minimum atomic E-state index is -0.540. The van der Waals surface area contributed by atoms with Crippen molar-refractivity contribution in [2.45, 2.75) is 58.0 Å². The van der Waals surface area contributed by atoms with E-state index < -0.39 is 6.10 Å². The summed E-state index contributed by atoms with van der Waals surface area (Å²) < 4.78 is 5.78. The van der Waals surface area contributed by atoms with Gasteiger partial charge in [0.1, 0.15) is 5.78 Å². The third kappa shape index (κ3) is 6.19. The molecule has 3 rings (SSSR count). The van der Waals surface area contributed by atoms with Crippen LogP contribution in [0, 0.1) is 0 Å². The summed E-state index contributed by atoms with van der Waals surface area (Å²) in [5, 5.41) is 20.0. The number of rotatable bonds is 12. The lowest BCUT2D eigenvalue weighted by molar-refractivity contribution is -0.121. The van der Waals surface area contributed by atoms with Crippen LogP contribution in [0.15, 0.2) is 47.2 Å². The van der Waals surface area contributed by atoms with Crippen LogP contribution in [0.25, 0.3) is 0 Å². The molecule has 2 aliphatic heterocycles. The zero-order chi connectivity index (χ0) is 20.6. The highest BCUT2D eigenvalue weighted by Crippen LogP contribution is 2.28. The van der Waals surface area contributed by atoms with Crippen LogP contribution in [0.3, 0.4) is 0 Å². The van der Waals surface area contributed by atoms with Crippen LogP contribution in [0.2, 0.25) is 0 Å². The standard InChI is InChI=1S/C23H30N2O4/c1-2-3-4-5-19(26)13-20(27)8-6-17-7-9-22(28)23(12-17)29-16-25-14-18-10-11-24-21(18)15-25/h7,9-12,14,19,26,28H,2-6,8,13,15-16H2,1H3/t19-/m1/s1.